The Balaban J connectivity index is 1.83. The Morgan fingerprint density at radius 1 is 1.17 bits per heavy atom. The van der Waals surface area contributed by atoms with Crippen LogP contribution in [0.2, 0.25) is 5.02 Å². The molecular formula is C23H28ClN3O3. The second kappa shape index (κ2) is 9.04. The number of halogens is 1. The van der Waals surface area contributed by atoms with Crippen molar-refractivity contribution in [1.29, 1.82) is 0 Å². The average molecular weight is 430 g/mol. The topological polar surface area (TPSA) is 62.7 Å². The summed E-state index contributed by atoms with van der Waals surface area (Å²) in [7, 11) is 0. The number of benzene rings is 1. The Kier molecular flexibility index (Phi) is 6.66. The standard InChI is InChI=1S/C23H28ClN3O3/c1-16-9-10-17(14-25-16)13-21(28)27-12-11-26(22(29)30-23(2,3)4)15-20(27)18-7-5-6-8-19(18)24/h5-10,14,20H,11-13,15H2,1-4H3. The van der Waals surface area contributed by atoms with Crippen molar-refractivity contribution in [3.05, 3.63) is 64.4 Å². The second-order valence-corrected chi connectivity index (χ2v) is 8.94. The molecule has 2 aromatic rings. The summed E-state index contributed by atoms with van der Waals surface area (Å²) in [6.45, 7) is 8.58. The molecule has 0 aliphatic carbocycles. The van der Waals surface area contributed by atoms with Gasteiger partial charge in [0, 0.05) is 36.5 Å². The molecule has 0 saturated carbocycles. The summed E-state index contributed by atoms with van der Waals surface area (Å²) in [5.74, 6) is -0.0191. The molecule has 1 saturated heterocycles. The van der Waals surface area contributed by atoms with E-state index in [1.165, 1.54) is 0 Å². The van der Waals surface area contributed by atoms with E-state index in [9.17, 15) is 9.59 Å². The molecule has 1 aromatic heterocycles. The Morgan fingerprint density at radius 2 is 1.90 bits per heavy atom. The second-order valence-electron chi connectivity index (χ2n) is 8.54. The zero-order valence-electron chi connectivity index (χ0n) is 17.9. The summed E-state index contributed by atoms with van der Waals surface area (Å²) in [6.07, 6.45) is 1.60. The maximum absolute atomic E-state index is 13.2. The molecule has 2 amide bonds. The van der Waals surface area contributed by atoms with Crippen LogP contribution in [0.4, 0.5) is 4.79 Å². The minimum absolute atomic E-state index is 0.0191. The maximum atomic E-state index is 13.2. The molecule has 0 bridgehead atoms. The first-order valence-corrected chi connectivity index (χ1v) is 10.5. The minimum Gasteiger partial charge on any atom is -0.444 e. The van der Waals surface area contributed by atoms with E-state index in [0.717, 1.165) is 16.8 Å². The zero-order valence-corrected chi connectivity index (χ0v) is 18.6. The number of rotatable bonds is 3. The highest BCUT2D eigenvalue weighted by molar-refractivity contribution is 6.31. The number of pyridine rings is 1. The van der Waals surface area contributed by atoms with Gasteiger partial charge in [0.05, 0.1) is 12.5 Å². The van der Waals surface area contributed by atoms with E-state index >= 15 is 0 Å². The first-order valence-electron chi connectivity index (χ1n) is 10.1. The number of hydrogen-bond donors (Lipinski definition) is 0. The Labute approximate surface area is 182 Å². The molecule has 0 radical (unpaired) electrons. The lowest BCUT2D eigenvalue weighted by atomic mass is 10.0. The number of carbonyl (C=O) groups excluding carboxylic acids is 2. The molecular weight excluding hydrogens is 402 g/mol. The first-order chi connectivity index (χ1) is 14.1. The molecule has 1 aromatic carbocycles. The van der Waals surface area contributed by atoms with Crippen molar-refractivity contribution in [3.8, 4) is 0 Å². The van der Waals surface area contributed by atoms with Crippen LogP contribution < -0.4 is 0 Å². The summed E-state index contributed by atoms with van der Waals surface area (Å²) in [5.41, 5.74) is 2.01. The van der Waals surface area contributed by atoms with Crippen molar-refractivity contribution in [1.82, 2.24) is 14.8 Å². The van der Waals surface area contributed by atoms with Crippen LogP contribution in [0.15, 0.2) is 42.6 Å². The average Bonchev–Trinajstić information content (AvgIpc) is 2.68. The molecule has 0 N–H and O–H groups in total. The van der Waals surface area contributed by atoms with Crippen molar-refractivity contribution in [2.45, 2.75) is 45.8 Å². The van der Waals surface area contributed by atoms with Gasteiger partial charge in [-0.15, -0.1) is 0 Å². The number of amides is 2. The highest BCUT2D eigenvalue weighted by Crippen LogP contribution is 2.31. The highest BCUT2D eigenvalue weighted by Gasteiger charge is 2.36. The van der Waals surface area contributed by atoms with Crippen molar-refractivity contribution < 1.29 is 14.3 Å². The molecule has 1 unspecified atom stereocenters. The van der Waals surface area contributed by atoms with Crippen LogP contribution in [0.3, 0.4) is 0 Å². The number of ether oxygens (including phenoxy) is 1. The zero-order chi connectivity index (χ0) is 21.9. The summed E-state index contributed by atoms with van der Waals surface area (Å²) < 4.78 is 5.54. The molecule has 2 heterocycles. The van der Waals surface area contributed by atoms with Crippen LogP contribution in [-0.2, 0) is 16.0 Å². The number of carbonyl (C=O) groups is 2. The largest absolute Gasteiger partial charge is 0.444 e. The van der Waals surface area contributed by atoms with Crippen molar-refractivity contribution >= 4 is 23.6 Å². The van der Waals surface area contributed by atoms with Crippen molar-refractivity contribution in [2.75, 3.05) is 19.6 Å². The predicted octanol–water partition coefficient (Wildman–Crippen LogP) is 4.41. The van der Waals surface area contributed by atoms with Gasteiger partial charge in [-0.1, -0.05) is 35.9 Å². The van der Waals surface area contributed by atoms with Gasteiger partial charge in [0.25, 0.3) is 0 Å². The van der Waals surface area contributed by atoms with E-state index in [4.69, 9.17) is 16.3 Å². The van der Waals surface area contributed by atoms with Crippen LogP contribution >= 0.6 is 11.6 Å². The molecule has 7 heteroatoms. The first kappa shape index (κ1) is 22.1. The summed E-state index contributed by atoms with van der Waals surface area (Å²) in [6, 6.07) is 10.9. The molecule has 0 spiro atoms. The van der Waals surface area contributed by atoms with Gasteiger partial charge in [-0.2, -0.15) is 0 Å². The molecule has 30 heavy (non-hydrogen) atoms. The fourth-order valence-electron chi connectivity index (χ4n) is 3.46. The molecule has 6 nitrogen and oxygen atoms in total. The van der Waals surface area contributed by atoms with E-state index < -0.39 is 5.60 Å². The molecule has 3 rings (SSSR count). The molecule has 1 atom stereocenters. The van der Waals surface area contributed by atoms with Gasteiger partial charge in [-0.05, 0) is 51.0 Å². The SMILES string of the molecule is Cc1ccc(CC(=O)N2CCN(C(=O)OC(C)(C)C)CC2c2ccccc2Cl)cn1. The molecule has 1 fully saturated rings. The van der Waals surface area contributed by atoms with Gasteiger partial charge in [0.1, 0.15) is 5.60 Å². The van der Waals surface area contributed by atoms with Gasteiger partial charge in [0.2, 0.25) is 5.91 Å². The highest BCUT2D eigenvalue weighted by atomic mass is 35.5. The van der Waals surface area contributed by atoms with Gasteiger partial charge in [-0.3, -0.25) is 9.78 Å². The minimum atomic E-state index is -0.581. The van der Waals surface area contributed by atoms with Crippen LogP contribution in [0, 0.1) is 6.92 Å². The van der Waals surface area contributed by atoms with Crippen molar-refractivity contribution in [2.24, 2.45) is 0 Å². The normalized spacial score (nSPS) is 17.0. The third-order valence-electron chi connectivity index (χ3n) is 4.94. The van der Waals surface area contributed by atoms with Crippen LogP contribution in [0.5, 0.6) is 0 Å². The maximum Gasteiger partial charge on any atom is 0.410 e. The third kappa shape index (κ3) is 5.51. The molecule has 160 valence electrons. The van der Waals surface area contributed by atoms with Gasteiger partial charge in [0.15, 0.2) is 0 Å². The monoisotopic (exact) mass is 429 g/mol. The summed E-state index contributed by atoms with van der Waals surface area (Å²) >= 11 is 6.46. The van der Waals surface area contributed by atoms with Crippen LogP contribution in [0.25, 0.3) is 0 Å². The third-order valence-corrected chi connectivity index (χ3v) is 5.29. The fraction of sp³-hybridized carbons (Fsp3) is 0.435. The van der Waals surface area contributed by atoms with E-state index in [2.05, 4.69) is 4.98 Å². The Hall–Kier alpha value is -2.60. The number of hydrogen-bond acceptors (Lipinski definition) is 4. The molecule has 1 aliphatic rings. The van der Waals surface area contributed by atoms with Crippen LogP contribution in [0.1, 0.15) is 43.6 Å². The lowest BCUT2D eigenvalue weighted by molar-refractivity contribution is -0.135. The van der Waals surface area contributed by atoms with Crippen molar-refractivity contribution in [3.63, 3.8) is 0 Å². The smallest absolute Gasteiger partial charge is 0.410 e. The van der Waals surface area contributed by atoms with Gasteiger partial charge in [-0.25, -0.2) is 4.79 Å². The predicted molar refractivity (Wildman–Crippen MR) is 116 cm³/mol. The Bertz CT molecular complexity index is 909. The van der Waals surface area contributed by atoms with Gasteiger partial charge >= 0.3 is 6.09 Å². The van der Waals surface area contributed by atoms with Crippen LogP contribution in [-0.4, -0.2) is 52.0 Å². The molecule has 1 aliphatic heterocycles. The lowest BCUT2D eigenvalue weighted by Gasteiger charge is -2.42. The Morgan fingerprint density at radius 3 is 2.53 bits per heavy atom. The van der Waals surface area contributed by atoms with E-state index in [1.807, 2.05) is 62.9 Å². The number of aryl methyl sites for hydroxylation is 1. The van der Waals surface area contributed by atoms with E-state index in [1.54, 1.807) is 17.2 Å². The van der Waals surface area contributed by atoms with E-state index in [0.29, 0.717) is 24.7 Å². The van der Waals surface area contributed by atoms with Gasteiger partial charge < -0.3 is 14.5 Å². The summed E-state index contributed by atoms with van der Waals surface area (Å²) in [5, 5.41) is 0.573. The lowest BCUT2D eigenvalue weighted by Crippen LogP contribution is -2.53. The number of aromatic nitrogens is 1. The van der Waals surface area contributed by atoms with E-state index in [-0.39, 0.29) is 24.5 Å². The quantitative estimate of drug-likeness (QED) is 0.725. The fourth-order valence-corrected chi connectivity index (χ4v) is 3.73. The summed E-state index contributed by atoms with van der Waals surface area (Å²) in [4.78, 5) is 33.5. The number of piperazine rings is 1. The number of nitrogens with zero attached hydrogens (tertiary/aromatic N) is 3.